The number of rotatable bonds is 3. The Morgan fingerprint density at radius 3 is 2.77 bits per heavy atom. The molecule has 4 heterocycles. The summed E-state index contributed by atoms with van der Waals surface area (Å²) in [6.07, 6.45) is 13.2. The number of imidazole rings is 1. The van der Waals surface area contributed by atoms with Crippen molar-refractivity contribution in [1.82, 2.24) is 34.3 Å². The highest BCUT2D eigenvalue weighted by atomic mass is 15.4. The molecule has 1 fully saturated rings. The van der Waals surface area contributed by atoms with E-state index in [0.29, 0.717) is 12.0 Å². The molecule has 0 bridgehead atoms. The van der Waals surface area contributed by atoms with Crippen LogP contribution in [0.4, 0.5) is 5.82 Å². The Balaban J connectivity index is 1.73. The Labute approximate surface area is 151 Å². The average molecular weight is 350 g/mol. The van der Waals surface area contributed by atoms with E-state index in [4.69, 9.17) is 4.98 Å². The maximum Gasteiger partial charge on any atom is 0.236 e. The number of fused-ring (bicyclic) bond motifs is 3. The van der Waals surface area contributed by atoms with Gasteiger partial charge < -0.3 is 4.90 Å². The van der Waals surface area contributed by atoms with Gasteiger partial charge in [0.05, 0.1) is 12.2 Å². The molecular formula is C18H22N8. The average Bonchev–Trinajstić information content (AvgIpc) is 3.42. The summed E-state index contributed by atoms with van der Waals surface area (Å²) in [4.78, 5) is 16.1. The standard InChI is InChI=1S/C18H22N8/c1-3-14-17-23-22-12(2)25(17)15-10-20-18(24-9-8-19-11-24)21-16(15)26(14)13-6-4-5-7-13/h8-11,13-14H,3-7H2,1-2H3/t14-/m1/s1. The summed E-state index contributed by atoms with van der Waals surface area (Å²) >= 11 is 0. The Bertz CT molecular complexity index is 923. The second-order valence-corrected chi connectivity index (χ2v) is 7.06. The molecule has 0 radical (unpaired) electrons. The van der Waals surface area contributed by atoms with Gasteiger partial charge in [-0.1, -0.05) is 19.8 Å². The molecule has 0 spiro atoms. The minimum absolute atomic E-state index is 0.192. The van der Waals surface area contributed by atoms with Crippen LogP contribution in [0.5, 0.6) is 0 Å². The molecule has 0 amide bonds. The van der Waals surface area contributed by atoms with Gasteiger partial charge in [-0.2, -0.15) is 4.98 Å². The fourth-order valence-electron chi connectivity index (χ4n) is 4.36. The van der Waals surface area contributed by atoms with Crippen LogP contribution in [0.25, 0.3) is 11.6 Å². The van der Waals surface area contributed by atoms with E-state index in [2.05, 4.69) is 36.6 Å². The molecule has 8 heteroatoms. The highest BCUT2D eigenvalue weighted by Gasteiger charge is 2.39. The van der Waals surface area contributed by atoms with Gasteiger partial charge in [-0.15, -0.1) is 10.2 Å². The topological polar surface area (TPSA) is 77.5 Å². The van der Waals surface area contributed by atoms with Crippen molar-refractivity contribution >= 4 is 5.82 Å². The Morgan fingerprint density at radius 2 is 2.04 bits per heavy atom. The van der Waals surface area contributed by atoms with Crippen LogP contribution in [0.1, 0.15) is 56.7 Å². The number of hydrogen-bond acceptors (Lipinski definition) is 6. The molecule has 0 N–H and O–H groups in total. The van der Waals surface area contributed by atoms with Crippen molar-refractivity contribution in [2.24, 2.45) is 0 Å². The first-order valence-corrected chi connectivity index (χ1v) is 9.34. The molecule has 0 aromatic carbocycles. The van der Waals surface area contributed by atoms with Crippen LogP contribution < -0.4 is 4.90 Å². The zero-order valence-electron chi connectivity index (χ0n) is 15.1. The van der Waals surface area contributed by atoms with Gasteiger partial charge in [0.1, 0.15) is 17.8 Å². The van der Waals surface area contributed by atoms with Crippen molar-refractivity contribution in [1.29, 1.82) is 0 Å². The fraction of sp³-hybridized carbons (Fsp3) is 0.500. The molecule has 1 saturated carbocycles. The SMILES string of the molecule is CC[C@@H]1c2nnc(C)n2-c2cnc(-n3ccnc3)nc2N1C1CCCC1. The van der Waals surface area contributed by atoms with Gasteiger partial charge >= 0.3 is 0 Å². The summed E-state index contributed by atoms with van der Waals surface area (Å²) < 4.78 is 3.97. The Kier molecular flexibility index (Phi) is 3.51. The minimum atomic E-state index is 0.192. The summed E-state index contributed by atoms with van der Waals surface area (Å²) in [5.74, 6) is 3.51. The monoisotopic (exact) mass is 350 g/mol. The zero-order chi connectivity index (χ0) is 17.7. The predicted molar refractivity (Wildman–Crippen MR) is 96.6 cm³/mol. The van der Waals surface area contributed by atoms with Crippen molar-refractivity contribution in [3.63, 3.8) is 0 Å². The van der Waals surface area contributed by atoms with Crippen molar-refractivity contribution in [3.8, 4) is 11.6 Å². The van der Waals surface area contributed by atoms with Crippen molar-refractivity contribution in [2.45, 2.75) is 58.0 Å². The van der Waals surface area contributed by atoms with Gasteiger partial charge in [-0.3, -0.25) is 9.13 Å². The first kappa shape index (κ1) is 15.5. The van der Waals surface area contributed by atoms with Crippen LogP contribution in [0.3, 0.4) is 0 Å². The van der Waals surface area contributed by atoms with Crippen LogP contribution in [-0.2, 0) is 0 Å². The van der Waals surface area contributed by atoms with Gasteiger partial charge in [0.25, 0.3) is 0 Å². The van der Waals surface area contributed by atoms with E-state index in [0.717, 1.165) is 29.6 Å². The molecule has 0 saturated heterocycles. The van der Waals surface area contributed by atoms with Crippen LogP contribution in [0, 0.1) is 6.92 Å². The van der Waals surface area contributed by atoms with Crippen LogP contribution in [-0.4, -0.2) is 40.3 Å². The molecule has 0 unspecified atom stereocenters. The van der Waals surface area contributed by atoms with E-state index in [9.17, 15) is 0 Å². The van der Waals surface area contributed by atoms with E-state index in [1.54, 1.807) is 12.5 Å². The maximum absolute atomic E-state index is 4.96. The smallest absolute Gasteiger partial charge is 0.236 e. The van der Waals surface area contributed by atoms with E-state index in [1.807, 2.05) is 23.9 Å². The number of hydrogen-bond donors (Lipinski definition) is 0. The molecule has 26 heavy (non-hydrogen) atoms. The van der Waals surface area contributed by atoms with Crippen LogP contribution in [0.2, 0.25) is 0 Å². The second kappa shape index (κ2) is 5.89. The zero-order valence-corrected chi connectivity index (χ0v) is 15.1. The highest BCUT2D eigenvalue weighted by Crippen LogP contribution is 2.43. The van der Waals surface area contributed by atoms with E-state index in [-0.39, 0.29) is 6.04 Å². The van der Waals surface area contributed by atoms with Crippen LogP contribution in [0.15, 0.2) is 24.9 Å². The molecule has 3 aromatic rings. The molecule has 1 aliphatic carbocycles. The summed E-state index contributed by atoms with van der Waals surface area (Å²) in [6.45, 7) is 4.20. The third-order valence-electron chi connectivity index (χ3n) is 5.55. The van der Waals surface area contributed by atoms with Gasteiger partial charge in [-0.05, 0) is 26.2 Å². The molecule has 2 aliphatic rings. The third kappa shape index (κ3) is 2.17. The summed E-state index contributed by atoms with van der Waals surface area (Å²) in [7, 11) is 0. The lowest BCUT2D eigenvalue weighted by molar-refractivity contribution is 0.467. The van der Waals surface area contributed by atoms with Crippen molar-refractivity contribution in [3.05, 3.63) is 36.6 Å². The number of aryl methyl sites for hydroxylation is 1. The largest absolute Gasteiger partial charge is 0.341 e. The van der Waals surface area contributed by atoms with Gasteiger partial charge in [0.15, 0.2) is 11.6 Å². The molecule has 1 aliphatic heterocycles. The molecule has 3 aromatic heterocycles. The predicted octanol–water partition coefficient (Wildman–Crippen LogP) is 2.77. The van der Waals surface area contributed by atoms with Crippen molar-refractivity contribution < 1.29 is 0 Å². The summed E-state index contributed by atoms with van der Waals surface area (Å²) in [5, 5.41) is 8.85. The lowest BCUT2D eigenvalue weighted by Crippen LogP contribution is -2.42. The van der Waals surface area contributed by atoms with Crippen molar-refractivity contribution in [2.75, 3.05) is 4.90 Å². The van der Waals surface area contributed by atoms with Gasteiger partial charge in [0, 0.05) is 18.4 Å². The van der Waals surface area contributed by atoms with Crippen LogP contribution >= 0.6 is 0 Å². The van der Waals surface area contributed by atoms with E-state index in [1.165, 1.54) is 25.7 Å². The van der Waals surface area contributed by atoms with Gasteiger partial charge in [-0.25, -0.2) is 9.97 Å². The highest BCUT2D eigenvalue weighted by molar-refractivity contribution is 5.63. The maximum atomic E-state index is 4.96. The normalized spacial score (nSPS) is 19.6. The summed E-state index contributed by atoms with van der Waals surface area (Å²) in [6, 6.07) is 0.687. The Hall–Kier alpha value is -2.77. The fourth-order valence-corrected chi connectivity index (χ4v) is 4.36. The lowest BCUT2D eigenvalue weighted by Gasteiger charge is -2.41. The quantitative estimate of drug-likeness (QED) is 0.723. The van der Waals surface area contributed by atoms with E-state index < -0.39 is 0 Å². The third-order valence-corrected chi connectivity index (χ3v) is 5.55. The first-order valence-electron chi connectivity index (χ1n) is 9.34. The van der Waals surface area contributed by atoms with E-state index >= 15 is 0 Å². The Morgan fingerprint density at radius 1 is 1.19 bits per heavy atom. The van der Waals surface area contributed by atoms with Gasteiger partial charge in [0.2, 0.25) is 5.95 Å². The number of anilines is 1. The number of nitrogens with zero attached hydrogens (tertiary/aromatic N) is 8. The minimum Gasteiger partial charge on any atom is -0.341 e. The lowest BCUT2D eigenvalue weighted by atomic mass is 10.0. The summed E-state index contributed by atoms with van der Waals surface area (Å²) in [5.41, 5.74) is 0.975. The molecule has 1 atom stereocenters. The molecule has 134 valence electrons. The molecular weight excluding hydrogens is 328 g/mol. The number of aromatic nitrogens is 7. The second-order valence-electron chi connectivity index (χ2n) is 7.06. The molecule has 8 nitrogen and oxygen atoms in total. The molecule has 5 rings (SSSR count). The first-order chi connectivity index (χ1) is 12.8.